The molecule has 4 heteroatoms. The van der Waals surface area contributed by atoms with E-state index in [9.17, 15) is 0 Å². The van der Waals surface area contributed by atoms with Crippen molar-refractivity contribution in [3.8, 4) is 0 Å². The smallest absolute Gasteiger partial charge is 0.113 e. The minimum Gasteiger partial charge on any atom is -0.372 e. The largest absolute Gasteiger partial charge is 0.372 e. The van der Waals surface area contributed by atoms with E-state index in [1.54, 1.807) is 0 Å². The molecule has 2 aliphatic heterocycles. The van der Waals surface area contributed by atoms with Crippen molar-refractivity contribution in [3.63, 3.8) is 0 Å². The quantitative estimate of drug-likeness (QED) is 0.895. The van der Waals surface area contributed by atoms with E-state index in [2.05, 4.69) is 23.3 Å². The van der Waals surface area contributed by atoms with Crippen LogP contribution in [0.4, 0.5) is 0 Å². The maximum Gasteiger partial charge on any atom is 0.113 e. The Labute approximate surface area is 115 Å². The van der Waals surface area contributed by atoms with Gasteiger partial charge in [-0.05, 0) is 44.2 Å². The highest BCUT2D eigenvalue weighted by molar-refractivity contribution is 5.85. The van der Waals surface area contributed by atoms with E-state index in [4.69, 9.17) is 4.74 Å². The van der Waals surface area contributed by atoms with Crippen LogP contribution in [0.2, 0.25) is 0 Å². The molecule has 2 fully saturated rings. The lowest BCUT2D eigenvalue weighted by molar-refractivity contribution is -0.0564. The molecule has 1 N–H and O–H groups in total. The zero-order valence-electron chi connectivity index (χ0n) is 11.0. The summed E-state index contributed by atoms with van der Waals surface area (Å²) in [6, 6.07) is 5.34. The molecule has 3 rings (SSSR count). The van der Waals surface area contributed by atoms with E-state index < -0.39 is 0 Å². The fourth-order valence-corrected chi connectivity index (χ4v) is 3.52. The van der Waals surface area contributed by atoms with Crippen molar-refractivity contribution in [1.82, 2.24) is 10.3 Å². The fraction of sp³-hybridized carbons (Fsp3) is 0.643. The first kappa shape index (κ1) is 13.8. The topological polar surface area (TPSA) is 34.1 Å². The minimum atomic E-state index is -0.164. The zero-order valence-corrected chi connectivity index (χ0v) is 11.8. The molecule has 2 atom stereocenters. The molecule has 0 spiro atoms. The average Bonchev–Trinajstić information content (AvgIpc) is 2.69. The Morgan fingerprint density at radius 1 is 1.33 bits per heavy atom. The highest BCUT2D eigenvalue weighted by atomic mass is 35.5. The van der Waals surface area contributed by atoms with Gasteiger partial charge >= 0.3 is 0 Å². The van der Waals surface area contributed by atoms with E-state index in [0.717, 1.165) is 18.5 Å². The summed E-state index contributed by atoms with van der Waals surface area (Å²) >= 11 is 0. The lowest BCUT2D eigenvalue weighted by Crippen LogP contribution is -2.48. The van der Waals surface area contributed by atoms with E-state index in [-0.39, 0.29) is 18.0 Å². The van der Waals surface area contributed by atoms with Crippen LogP contribution < -0.4 is 5.32 Å². The van der Waals surface area contributed by atoms with Crippen LogP contribution in [0.25, 0.3) is 0 Å². The number of aryl methyl sites for hydroxylation is 1. The molecule has 0 radical (unpaired) electrons. The Hall–Kier alpha value is -0.640. The van der Waals surface area contributed by atoms with Crippen LogP contribution in [0.15, 0.2) is 18.3 Å². The molecule has 3 nitrogen and oxygen atoms in total. The predicted molar refractivity (Wildman–Crippen MR) is 74.1 cm³/mol. The monoisotopic (exact) mass is 268 g/mol. The molecular formula is C14H21ClN2O. The highest BCUT2D eigenvalue weighted by Gasteiger charge is 2.46. The van der Waals surface area contributed by atoms with Crippen LogP contribution in [0.1, 0.15) is 36.9 Å². The van der Waals surface area contributed by atoms with Gasteiger partial charge in [0.05, 0.1) is 5.69 Å². The van der Waals surface area contributed by atoms with E-state index >= 15 is 0 Å². The van der Waals surface area contributed by atoms with Crippen molar-refractivity contribution >= 4 is 12.4 Å². The van der Waals surface area contributed by atoms with Crippen molar-refractivity contribution in [2.24, 2.45) is 0 Å². The summed E-state index contributed by atoms with van der Waals surface area (Å²) in [5, 5.41) is 3.66. The molecule has 2 aliphatic rings. The van der Waals surface area contributed by atoms with E-state index in [0.29, 0.717) is 12.1 Å². The third kappa shape index (κ3) is 2.15. The van der Waals surface area contributed by atoms with Crippen molar-refractivity contribution in [2.75, 3.05) is 7.11 Å². The van der Waals surface area contributed by atoms with Gasteiger partial charge in [-0.3, -0.25) is 4.98 Å². The molecule has 2 saturated heterocycles. The summed E-state index contributed by atoms with van der Waals surface area (Å²) in [4.78, 5) is 4.59. The Balaban J connectivity index is 0.00000120. The van der Waals surface area contributed by atoms with Gasteiger partial charge in [0.2, 0.25) is 0 Å². The van der Waals surface area contributed by atoms with Crippen LogP contribution in [0, 0.1) is 6.92 Å². The molecule has 0 saturated carbocycles. The summed E-state index contributed by atoms with van der Waals surface area (Å²) in [5.74, 6) is 0. The number of halogens is 1. The number of ether oxygens (including phenoxy) is 1. The molecular weight excluding hydrogens is 248 g/mol. The summed E-state index contributed by atoms with van der Waals surface area (Å²) in [7, 11) is 1.83. The van der Waals surface area contributed by atoms with E-state index in [1.807, 2.05) is 19.4 Å². The maximum absolute atomic E-state index is 5.92. The third-order valence-electron chi connectivity index (χ3n) is 4.32. The molecule has 1 aromatic rings. The van der Waals surface area contributed by atoms with Gasteiger partial charge in [0.25, 0.3) is 0 Å². The Morgan fingerprint density at radius 3 is 2.56 bits per heavy atom. The fourth-order valence-electron chi connectivity index (χ4n) is 3.52. The van der Waals surface area contributed by atoms with Gasteiger partial charge in [-0.25, -0.2) is 0 Å². The molecule has 3 heterocycles. The van der Waals surface area contributed by atoms with Gasteiger partial charge in [0, 0.05) is 25.4 Å². The number of aromatic nitrogens is 1. The maximum atomic E-state index is 5.92. The molecule has 100 valence electrons. The molecule has 18 heavy (non-hydrogen) atoms. The second-order valence-electron chi connectivity index (χ2n) is 5.41. The summed E-state index contributed by atoms with van der Waals surface area (Å²) < 4.78 is 5.92. The average molecular weight is 269 g/mol. The van der Waals surface area contributed by atoms with Gasteiger partial charge in [0.15, 0.2) is 0 Å². The molecule has 0 aromatic carbocycles. The number of rotatable bonds is 2. The normalized spacial score (nSPS) is 34.1. The number of fused-ring (bicyclic) bond motifs is 2. The zero-order chi connectivity index (χ0) is 11.9. The van der Waals surface area contributed by atoms with Crippen LogP contribution >= 0.6 is 12.4 Å². The number of pyridine rings is 1. The summed E-state index contributed by atoms with van der Waals surface area (Å²) in [6.07, 6.45) is 6.55. The molecule has 0 amide bonds. The van der Waals surface area contributed by atoms with Gasteiger partial charge < -0.3 is 10.1 Å². The van der Waals surface area contributed by atoms with Crippen LogP contribution in [-0.4, -0.2) is 24.2 Å². The summed E-state index contributed by atoms with van der Waals surface area (Å²) in [6.45, 7) is 2.13. The lowest BCUT2D eigenvalue weighted by atomic mass is 9.82. The number of hydrogen-bond donors (Lipinski definition) is 1. The first-order valence-corrected chi connectivity index (χ1v) is 6.47. The standard InChI is InChI=1S/C14H20N2O.ClH/c1-10-4-3-7-15-13(10)14(17-2)8-11-5-6-12(9-14)16-11;/h3-4,7,11-12,16H,5-6,8-9H2,1-2H3;1H. The van der Waals surface area contributed by atoms with Crippen molar-refractivity contribution < 1.29 is 4.74 Å². The number of methoxy groups -OCH3 is 1. The number of hydrogen-bond acceptors (Lipinski definition) is 3. The second kappa shape index (κ2) is 5.16. The van der Waals surface area contributed by atoms with Crippen molar-refractivity contribution in [1.29, 1.82) is 0 Å². The minimum absolute atomic E-state index is 0. The molecule has 0 aliphatic carbocycles. The third-order valence-corrected chi connectivity index (χ3v) is 4.32. The Morgan fingerprint density at radius 2 is 2.00 bits per heavy atom. The predicted octanol–water partition coefficient (Wildman–Crippen LogP) is 2.57. The highest BCUT2D eigenvalue weighted by Crippen LogP contribution is 2.43. The van der Waals surface area contributed by atoms with Crippen molar-refractivity contribution in [3.05, 3.63) is 29.6 Å². The Bertz CT molecular complexity index is 412. The second-order valence-corrected chi connectivity index (χ2v) is 5.41. The van der Waals surface area contributed by atoms with Crippen LogP contribution in [0.3, 0.4) is 0 Å². The number of piperidine rings is 1. The van der Waals surface area contributed by atoms with Crippen LogP contribution in [0.5, 0.6) is 0 Å². The van der Waals surface area contributed by atoms with Gasteiger partial charge in [-0.2, -0.15) is 0 Å². The van der Waals surface area contributed by atoms with Gasteiger partial charge in [-0.1, -0.05) is 6.07 Å². The van der Waals surface area contributed by atoms with Crippen molar-refractivity contribution in [2.45, 2.75) is 50.3 Å². The SMILES string of the molecule is COC1(c2ncccc2C)CC2CCC(C1)N2.Cl. The van der Waals surface area contributed by atoms with Gasteiger partial charge in [-0.15, -0.1) is 12.4 Å². The first-order valence-electron chi connectivity index (χ1n) is 6.47. The number of nitrogens with one attached hydrogen (secondary N) is 1. The summed E-state index contributed by atoms with van der Waals surface area (Å²) in [5.41, 5.74) is 2.22. The van der Waals surface area contributed by atoms with Crippen LogP contribution in [-0.2, 0) is 10.3 Å². The van der Waals surface area contributed by atoms with Gasteiger partial charge in [0.1, 0.15) is 5.60 Å². The Kier molecular flexibility index (Phi) is 3.95. The number of nitrogens with zero attached hydrogens (tertiary/aromatic N) is 1. The molecule has 1 aromatic heterocycles. The van der Waals surface area contributed by atoms with E-state index in [1.165, 1.54) is 18.4 Å². The first-order chi connectivity index (χ1) is 8.23. The molecule has 2 unspecified atom stereocenters. The molecule has 2 bridgehead atoms. The lowest BCUT2D eigenvalue weighted by Gasteiger charge is -2.40.